The molecule has 0 aliphatic rings. The van der Waals surface area contributed by atoms with E-state index in [0.29, 0.717) is 55.8 Å². The molecule has 0 saturated heterocycles. The van der Waals surface area contributed by atoms with Crippen molar-refractivity contribution in [2.24, 2.45) is 0 Å². The third kappa shape index (κ3) is 5.93. The number of thiazole rings is 1. The molecule has 0 saturated carbocycles. The molecule has 188 valence electrons. The fourth-order valence-corrected chi connectivity index (χ4v) is 4.99. The van der Waals surface area contributed by atoms with Gasteiger partial charge >= 0.3 is 6.18 Å². The van der Waals surface area contributed by atoms with Gasteiger partial charge < -0.3 is 10.6 Å². The van der Waals surface area contributed by atoms with Crippen molar-refractivity contribution >= 4 is 62.3 Å². The number of rotatable bonds is 7. The smallest absolute Gasteiger partial charge is 0.348 e. The molecule has 2 N–H and O–H groups in total. The number of fused-ring (bicyclic) bond motifs is 1. The second kappa shape index (κ2) is 10.5. The summed E-state index contributed by atoms with van der Waals surface area (Å²) in [6, 6.07) is 15.5. The van der Waals surface area contributed by atoms with Crippen LogP contribution in [0.3, 0.4) is 0 Å². The first-order valence-electron chi connectivity index (χ1n) is 10.9. The first kappa shape index (κ1) is 25.2. The molecule has 37 heavy (non-hydrogen) atoms. The number of benzene rings is 2. The molecular formula is C25H17Cl2F3N6S. The van der Waals surface area contributed by atoms with Gasteiger partial charge in [0.1, 0.15) is 10.5 Å². The number of anilines is 3. The van der Waals surface area contributed by atoms with E-state index in [2.05, 4.69) is 25.6 Å². The van der Waals surface area contributed by atoms with E-state index in [9.17, 15) is 13.2 Å². The second-order valence-electron chi connectivity index (χ2n) is 7.91. The number of hydrogen-bond donors (Lipinski definition) is 2. The Labute approximate surface area is 223 Å². The molecule has 0 radical (unpaired) electrons. The molecule has 0 bridgehead atoms. The Morgan fingerprint density at radius 1 is 0.865 bits per heavy atom. The molecule has 12 heteroatoms. The van der Waals surface area contributed by atoms with Crippen LogP contribution in [0.15, 0.2) is 66.9 Å². The van der Waals surface area contributed by atoms with Crippen molar-refractivity contribution in [1.29, 1.82) is 0 Å². The van der Waals surface area contributed by atoms with Crippen LogP contribution in [0.5, 0.6) is 0 Å². The van der Waals surface area contributed by atoms with Gasteiger partial charge in [0.15, 0.2) is 10.6 Å². The molecule has 5 aromatic rings. The summed E-state index contributed by atoms with van der Waals surface area (Å²) in [4.78, 5) is 18.7. The number of nitrogens with zero attached hydrogens (tertiary/aromatic N) is 4. The third-order valence-corrected chi connectivity index (χ3v) is 6.98. The lowest BCUT2D eigenvalue weighted by atomic mass is 10.1. The topological polar surface area (TPSA) is 75.6 Å². The molecule has 5 rings (SSSR count). The zero-order chi connectivity index (χ0) is 26.0. The van der Waals surface area contributed by atoms with E-state index in [4.69, 9.17) is 28.2 Å². The monoisotopic (exact) mass is 560 g/mol. The van der Waals surface area contributed by atoms with Gasteiger partial charge in [-0.1, -0.05) is 46.7 Å². The Morgan fingerprint density at radius 3 is 2.30 bits per heavy atom. The Kier molecular flexibility index (Phi) is 7.14. The first-order valence-corrected chi connectivity index (χ1v) is 12.5. The highest BCUT2D eigenvalue weighted by atomic mass is 35.5. The van der Waals surface area contributed by atoms with E-state index < -0.39 is 11.7 Å². The first-order chi connectivity index (χ1) is 17.8. The summed E-state index contributed by atoms with van der Waals surface area (Å²) in [7, 11) is 0. The van der Waals surface area contributed by atoms with Gasteiger partial charge in [-0.2, -0.15) is 18.2 Å². The van der Waals surface area contributed by atoms with E-state index in [1.807, 2.05) is 18.2 Å². The van der Waals surface area contributed by atoms with Crippen molar-refractivity contribution in [1.82, 2.24) is 19.9 Å². The van der Waals surface area contributed by atoms with Crippen LogP contribution in [0.2, 0.25) is 10.0 Å². The van der Waals surface area contributed by atoms with Gasteiger partial charge in [0.2, 0.25) is 5.95 Å². The second-order valence-corrected chi connectivity index (χ2v) is 9.79. The van der Waals surface area contributed by atoms with Crippen molar-refractivity contribution in [3.63, 3.8) is 0 Å². The summed E-state index contributed by atoms with van der Waals surface area (Å²) in [6.07, 6.45) is -2.35. The molecule has 0 spiro atoms. The van der Waals surface area contributed by atoms with Crippen molar-refractivity contribution in [3.8, 4) is 0 Å². The molecule has 3 aromatic heterocycles. The SMILES string of the molecule is FC(F)(F)c1ccc(Nc2nc(NCc3ccccn3)nc3sc(Cc4c(Cl)cccc4Cl)nc23)cc1. The molecule has 0 atom stereocenters. The molecule has 0 aliphatic carbocycles. The maximum atomic E-state index is 13.0. The highest BCUT2D eigenvalue weighted by molar-refractivity contribution is 7.18. The minimum Gasteiger partial charge on any atom is -0.348 e. The van der Waals surface area contributed by atoms with Gasteiger partial charge in [0.25, 0.3) is 0 Å². The zero-order valence-corrected chi connectivity index (χ0v) is 21.2. The number of nitrogens with one attached hydrogen (secondary N) is 2. The Morgan fingerprint density at radius 2 is 1.62 bits per heavy atom. The summed E-state index contributed by atoms with van der Waals surface area (Å²) in [6.45, 7) is 0.382. The summed E-state index contributed by atoms with van der Waals surface area (Å²) < 4.78 is 39.0. The minimum atomic E-state index is -4.42. The maximum absolute atomic E-state index is 13.0. The number of pyridine rings is 1. The largest absolute Gasteiger partial charge is 0.416 e. The standard InChI is InChI=1S/C25H17Cl2F3N6S/c26-18-5-3-6-19(27)17(18)12-20-34-21-22(33-15-9-7-14(8-10-15)25(28,29)30)35-24(36-23(21)37-20)32-13-16-4-1-2-11-31-16/h1-11H,12-13H2,(H2,32,33,35,36). The molecule has 0 fully saturated rings. The van der Waals surface area contributed by atoms with Crippen molar-refractivity contribution < 1.29 is 13.2 Å². The normalized spacial score (nSPS) is 11.6. The summed E-state index contributed by atoms with van der Waals surface area (Å²) >= 11 is 14.0. The quantitative estimate of drug-likeness (QED) is 0.212. The Bertz CT molecular complexity index is 1520. The average Bonchev–Trinajstić information content (AvgIpc) is 3.28. The van der Waals surface area contributed by atoms with E-state index >= 15 is 0 Å². The molecule has 0 amide bonds. The molecule has 3 heterocycles. The third-order valence-electron chi connectivity index (χ3n) is 5.32. The number of alkyl halides is 3. The van der Waals surface area contributed by atoms with Crippen LogP contribution in [0.1, 0.15) is 21.8 Å². The predicted molar refractivity (Wildman–Crippen MR) is 141 cm³/mol. The Balaban J connectivity index is 1.49. The van der Waals surface area contributed by atoms with Crippen LogP contribution in [-0.2, 0) is 19.1 Å². The predicted octanol–water partition coefficient (Wildman–Crippen LogP) is 7.75. The molecular weight excluding hydrogens is 544 g/mol. The molecule has 6 nitrogen and oxygen atoms in total. The molecule has 0 aliphatic heterocycles. The fourth-order valence-electron chi connectivity index (χ4n) is 3.51. The van der Waals surface area contributed by atoms with Gasteiger partial charge in [0, 0.05) is 28.4 Å². The average molecular weight is 561 g/mol. The highest BCUT2D eigenvalue weighted by Gasteiger charge is 2.30. The number of halogens is 5. The number of aromatic nitrogens is 4. The van der Waals surface area contributed by atoms with Crippen molar-refractivity contribution in [3.05, 3.63) is 98.7 Å². The highest BCUT2D eigenvalue weighted by Crippen LogP contribution is 2.34. The lowest BCUT2D eigenvalue weighted by Crippen LogP contribution is -2.07. The summed E-state index contributed by atoms with van der Waals surface area (Å²) in [5.74, 6) is 0.666. The van der Waals surface area contributed by atoms with E-state index in [-0.39, 0.29) is 0 Å². The maximum Gasteiger partial charge on any atom is 0.416 e. The minimum absolute atomic E-state index is 0.318. The lowest BCUT2D eigenvalue weighted by molar-refractivity contribution is -0.137. The van der Waals surface area contributed by atoms with Gasteiger partial charge in [-0.15, -0.1) is 0 Å². The van der Waals surface area contributed by atoms with Gasteiger partial charge in [-0.25, -0.2) is 9.97 Å². The molecule has 0 unspecified atom stereocenters. The summed E-state index contributed by atoms with van der Waals surface area (Å²) in [5, 5.41) is 7.99. The van der Waals surface area contributed by atoms with Crippen molar-refractivity contribution in [2.45, 2.75) is 19.1 Å². The summed E-state index contributed by atoms with van der Waals surface area (Å²) in [5.41, 5.74) is 1.69. The lowest BCUT2D eigenvalue weighted by Gasteiger charge is -2.11. The van der Waals surface area contributed by atoms with Crippen LogP contribution in [0.25, 0.3) is 10.3 Å². The van der Waals surface area contributed by atoms with E-state index in [1.165, 1.54) is 23.5 Å². The van der Waals surface area contributed by atoms with E-state index in [1.54, 1.807) is 24.4 Å². The van der Waals surface area contributed by atoms with Crippen LogP contribution in [0, 0.1) is 0 Å². The van der Waals surface area contributed by atoms with Crippen LogP contribution in [0.4, 0.5) is 30.6 Å². The van der Waals surface area contributed by atoms with Crippen LogP contribution in [-0.4, -0.2) is 19.9 Å². The van der Waals surface area contributed by atoms with E-state index in [0.717, 1.165) is 23.4 Å². The van der Waals surface area contributed by atoms with Crippen molar-refractivity contribution in [2.75, 3.05) is 10.6 Å². The van der Waals surface area contributed by atoms with Crippen LogP contribution < -0.4 is 10.6 Å². The zero-order valence-electron chi connectivity index (χ0n) is 18.9. The van der Waals surface area contributed by atoms with Crippen LogP contribution >= 0.6 is 34.5 Å². The fraction of sp³-hybridized carbons (Fsp3) is 0.120. The number of hydrogen-bond acceptors (Lipinski definition) is 7. The molecule has 2 aromatic carbocycles. The van der Waals surface area contributed by atoms with Gasteiger partial charge in [-0.05, 0) is 54.1 Å². The van der Waals surface area contributed by atoms with Gasteiger partial charge in [-0.3, -0.25) is 4.98 Å². The van der Waals surface area contributed by atoms with Gasteiger partial charge in [0.05, 0.1) is 17.8 Å². The Hall–Kier alpha value is -3.47.